The van der Waals surface area contributed by atoms with Crippen molar-refractivity contribution in [2.24, 2.45) is 0 Å². The first-order chi connectivity index (χ1) is 9.75. The lowest BCUT2D eigenvalue weighted by molar-refractivity contribution is 0.627. The van der Waals surface area contributed by atoms with Crippen molar-refractivity contribution < 1.29 is 4.39 Å². The molecule has 0 bridgehead atoms. The molecule has 0 aromatic heterocycles. The van der Waals surface area contributed by atoms with E-state index in [9.17, 15) is 4.39 Å². The minimum absolute atomic E-state index is 0.106. The van der Waals surface area contributed by atoms with Gasteiger partial charge in [0.15, 0.2) is 0 Å². The molecule has 2 rings (SSSR count). The van der Waals surface area contributed by atoms with Gasteiger partial charge in [0.05, 0.1) is 10.4 Å². The van der Waals surface area contributed by atoms with Gasteiger partial charge in [0.2, 0.25) is 0 Å². The Balaban J connectivity index is 2.63. The van der Waals surface area contributed by atoms with E-state index in [2.05, 4.69) is 34.6 Å². The summed E-state index contributed by atoms with van der Waals surface area (Å²) in [7, 11) is 0. The Morgan fingerprint density at radius 3 is 1.81 bits per heavy atom. The average molecular weight is 325 g/mol. The monoisotopic (exact) mass is 324 g/mol. The maximum absolute atomic E-state index is 13.3. The molecule has 0 aliphatic rings. The topological polar surface area (TPSA) is 0 Å². The molecule has 0 nitrogen and oxygen atoms in total. The molecule has 21 heavy (non-hydrogen) atoms. The van der Waals surface area contributed by atoms with Gasteiger partial charge in [0.1, 0.15) is 5.82 Å². The molecule has 0 saturated heterocycles. The van der Waals surface area contributed by atoms with Crippen molar-refractivity contribution in [2.45, 2.75) is 40.0 Å². The minimum atomic E-state index is -0.422. The largest absolute Gasteiger partial charge is 0.205 e. The van der Waals surface area contributed by atoms with Crippen LogP contribution in [0.15, 0.2) is 18.2 Å². The predicted molar refractivity (Wildman–Crippen MR) is 89.2 cm³/mol. The summed E-state index contributed by atoms with van der Waals surface area (Å²) in [5.41, 5.74) is 8.11. The first-order valence-corrected chi connectivity index (χ1v) is 7.73. The summed E-state index contributed by atoms with van der Waals surface area (Å²) in [5, 5.41) is -0.227. The third-order valence-electron chi connectivity index (χ3n) is 4.55. The molecule has 0 aliphatic carbocycles. The van der Waals surface area contributed by atoms with Crippen LogP contribution in [0.4, 0.5) is 4.39 Å². The van der Waals surface area contributed by atoms with Gasteiger partial charge in [0.25, 0.3) is 0 Å². The molecular formula is C18H19Cl2F. The lowest BCUT2D eigenvalue weighted by atomic mass is 9.86. The molecule has 0 spiro atoms. The molecule has 112 valence electrons. The van der Waals surface area contributed by atoms with Crippen LogP contribution in [0.3, 0.4) is 0 Å². The molecule has 0 heterocycles. The fourth-order valence-electron chi connectivity index (χ4n) is 2.75. The molecule has 2 aromatic carbocycles. The Hall–Kier alpha value is -1.05. The van der Waals surface area contributed by atoms with Crippen LogP contribution in [0.1, 0.15) is 44.3 Å². The molecule has 3 heteroatoms. The second-order valence-corrected chi connectivity index (χ2v) is 6.42. The van der Waals surface area contributed by atoms with Crippen LogP contribution in [0, 0.1) is 40.4 Å². The smallest absolute Gasteiger partial charge is 0.141 e. The molecule has 0 N–H and O–H groups in total. The van der Waals surface area contributed by atoms with Crippen molar-refractivity contribution in [2.75, 3.05) is 0 Å². The Kier molecular flexibility index (Phi) is 4.65. The number of benzene rings is 2. The zero-order valence-corrected chi connectivity index (χ0v) is 14.5. The maximum Gasteiger partial charge on any atom is 0.141 e. The number of hydrogen-bond acceptors (Lipinski definition) is 0. The highest BCUT2D eigenvalue weighted by Gasteiger charge is 2.20. The fourth-order valence-corrected chi connectivity index (χ4v) is 3.40. The SMILES string of the molecule is Cc1c(C)c(C)c(C(Cl)c2ccc(F)c(Cl)c2)c(C)c1C. The summed E-state index contributed by atoms with van der Waals surface area (Å²) in [6.07, 6.45) is 0. The molecule has 0 amide bonds. The maximum atomic E-state index is 13.3. The van der Waals surface area contributed by atoms with Crippen LogP contribution < -0.4 is 0 Å². The second-order valence-electron chi connectivity index (χ2n) is 5.57. The quantitative estimate of drug-likeness (QED) is 0.564. The van der Waals surface area contributed by atoms with E-state index in [1.54, 1.807) is 12.1 Å². The molecule has 0 aliphatic heterocycles. The number of halogens is 3. The van der Waals surface area contributed by atoms with Crippen molar-refractivity contribution in [3.8, 4) is 0 Å². The van der Waals surface area contributed by atoms with E-state index in [0.29, 0.717) is 0 Å². The first-order valence-electron chi connectivity index (χ1n) is 6.91. The third kappa shape index (κ3) is 2.82. The van der Waals surface area contributed by atoms with Gasteiger partial charge in [-0.2, -0.15) is 0 Å². The van der Waals surface area contributed by atoms with E-state index in [4.69, 9.17) is 23.2 Å². The van der Waals surface area contributed by atoms with Gasteiger partial charge in [-0.3, -0.25) is 0 Å². The van der Waals surface area contributed by atoms with E-state index >= 15 is 0 Å². The third-order valence-corrected chi connectivity index (χ3v) is 5.31. The zero-order valence-electron chi connectivity index (χ0n) is 12.9. The van der Waals surface area contributed by atoms with Gasteiger partial charge in [-0.15, -0.1) is 11.6 Å². The van der Waals surface area contributed by atoms with Crippen molar-refractivity contribution in [3.05, 3.63) is 68.0 Å². The number of rotatable bonds is 2. The van der Waals surface area contributed by atoms with Gasteiger partial charge in [-0.25, -0.2) is 4.39 Å². The molecule has 0 radical (unpaired) electrons. The van der Waals surface area contributed by atoms with Gasteiger partial charge in [0, 0.05) is 0 Å². The zero-order chi connectivity index (χ0) is 15.9. The van der Waals surface area contributed by atoms with Crippen LogP contribution in [0.5, 0.6) is 0 Å². The molecule has 0 saturated carbocycles. The molecular weight excluding hydrogens is 306 g/mol. The summed E-state index contributed by atoms with van der Waals surface area (Å²) in [5.74, 6) is -0.422. The summed E-state index contributed by atoms with van der Waals surface area (Å²) in [6.45, 7) is 10.5. The highest BCUT2D eigenvalue weighted by molar-refractivity contribution is 6.31. The summed E-state index contributed by atoms with van der Waals surface area (Å²) >= 11 is 12.6. The Labute approximate surface area is 135 Å². The lowest BCUT2D eigenvalue weighted by Gasteiger charge is -2.22. The highest BCUT2D eigenvalue weighted by atomic mass is 35.5. The number of hydrogen-bond donors (Lipinski definition) is 0. The molecule has 0 fully saturated rings. The molecule has 1 atom stereocenters. The minimum Gasteiger partial charge on any atom is -0.205 e. The first kappa shape index (κ1) is 16.3. The van der Waals surface area contributed by atoms with Crippen molar-refractivity contribution in [1.82, 2.24) is 0 Å². The van der Waals surface area contributed by atoms with E-state index < -0.39 is 5.82 Å². The van der Waals surface area contributed by atoms with Crippen molar-refractivity contribution >= 4 is 23.2 Å². The van der Waals surface area contributed by atoms with Gasteiger partial charge in [-0.05, 0) is 85.7 Å². The fraction of sp³-hybridized carbons (Fsp3) is 0.333. The van der Waals surface area contributed by atoms with Crippen LogP contribution in [-0.4, -0.2) is 0 Å². The Morgan fingerprint density at radius 1 is 0.857 bits per heavy atom. The van der Waals surface area contributed by atoms with Crippen molar-refractivity contribution in [3.63, 3.8) is 0 Å². The van der Waals surface area contributed by atoms with Crippen LogP contribution in [-0.2, 0) is 0 Å². The lowest BCUT2D eigenvalue weighted by Crippen LogP contribution is -2.06. The van der Waals surface area contributed by atoms with Crippen LogP contribution in [0.2, 0.25) is 5.02 Å². The summed E-state index contributed by atoms with van der Waals surface area (Å²) < 4.78 is 13.3. The van der Waals surface area contributed by atoms with E-state index in [0.717, 1.165) is 11.1 Å². The summed E-state index contributed by atoms with van der Waals surface area (Å²) in [6, 6.07) is 4.67. The standard InChI is InChI=1S/C18H19Cl2F/c1-9-10(2)12(4)17(13(5)11(9)3)18(20)14-6-7-16(21)15(19)8-14/h6-8,18H,1-5H3. The summed E-state index contributed by atoms with van der Waals surface area (Å²) in [4.78, 5) is 0. The predicted octanol–water partition coefficient (Wildman–Crippen LogP) is 6.35. The van der Waals surface area contributed by atoms with Crippen LogP contribution >= 0.6 is 23.2 Å². The van der Waals surface area contributed by atoms with Gasteiger partial charge >= 0.3 is 0 Å². The van der Waals surface area contributed by atoms with Gasteiger partial charge < -0.3 is 0 Å². The van der Waals surface area contributed by atoms with Crippen molar-refractivity contribution in [1.29, 1.82) is 0 Å². The van der Waals surface area contributed by atoms with E-state index in [-0.39, 0.29) is 10.4 Å². The van der Waals surface area contributed by atoms with E-state index in [1.165, 1.54) is 33.9 Å². The second kappa shape index (κ2) is 5.98. The van der Waals surface area contributed by atoms with Crippen LogP contribution in [0.25, 0.3) is 0 Å². The van der Waals surface area contributed by atoms with E-state index in [1.807, 2.05) is 0 Å². The molecule has 2 aromatic rings. The molecule has 1 unspecified atom stereocenters. The van der Waals surface area contributed by atoms with Gasteiger partial charge in [-0.1, -0.05) is 17.7 Å². The number of alkyl halides is 1. The Bertz CT molecular complexity index is 676. The Morgan fingerprint density at radius 2 is 1.33 bits per heavy atom. The normalized spacial score (nSPS) is 12.6. The average Bonchev–Trinajstić information content (AvgIpc) is 2.46. The highest BCUT2D eigenvalue weighted by Crippen LogP contribution is 2.38.